The zero-order valence-electron chi connectivity index (χ0n) is 19.4. The second-order valence-electron chi connectivity index (χ2n) is 7.60. The standard InChI is InChI=1S/C25H22Cl3N3O4S/c1-14-22(25(33)35-10-9-34-2)23(15-3-5-16(26)6-4-15)18(12-29)24(30-14)36-13-21(32)31-17-7-8-19(27)20(28)11-17/h3-8,11,23,30H,9-10,13H2,1-2H3,(H,31,32)/t23-/m1/s1. The van der Waals surface area contributed by atoms with Gasteiger partial charge in [-0.2, -0.15) is 5.26 Å². The number of rotatable bonds is 9. The molecule has 0 spiro atoms. The number of halogens is 3. The smallest absolute Gasteiger partial charge is 0.336 e. The van der Waals surface area contributed by atoms with Crippen LogP contribution in [0.3, 0.4) is 0 Å². The number of amides is 1. The molecule has 1 amide bonds. The lowest BCUT2D eigenvalue weighted by atomic mass is 9.82. The van der Waals surface area contributed by atoms with E-state index in [9.17, 15) is 14.9 Å². The zero-order valence-corrected chi connectivity index (χ0v) is 22.4. The number of methoxy groups -OCH3 is 1. The summed E-state index contributed by atoms with van der Waals surface area (Å²) in [6.07, 6.45) is 0. The number of hydrogen-bond donors (Lipinski definition) is 2. The third-order valence-corrected chi connectivity index (χ3v) is 7.15. The third-order valence-electron chi connectivity index (χ3n) is 5.14. The summed E-state index contributed by atoms with van der Waals surface area (Å²) in [5.74, 6) is -1.57. The van der Waals surface area contributed by atoms with Crippen molar-refractivity contribution in [2.24, 2.45) is 0 Å². The number of dihydropyridines is 1. The molecule has 188 valence electrons. The molecule has 0 saturated heterocycles. The molecular formula is C25H22Cl3N3O4S. The molecule has 1 aliphatic rings. The molecule has 0 radical (unpaired) electrons. The Morgan fingerprint density at radius 2 is 1.83 bits per heavy atom. The van der Waals surface area contributed by atoms with Crippen molar-refractivity contribution >= 4 is 64.1 Å². The van der Waals surface area contributed by atoms with Gasteiger partial charge in [0.1, 0.15) is 6.61 Å². The van der Waals surface area contributed by atoms with E-state index in [0.717, 1.165) is 11.8 Å². The number of carbonyl (C=O) groups excluding carboxylic acids is 2. The molecule has 1 aliphatic heterocycles. The Morgan fingerprint density at radius 3 is 2.47 bits per heavy atom. The molecule has 0 aromatic heterocycles. The van der Waals surface area contributed by atoms with Crippen LogP contribution in [0.4, 0.5) is 5.69 Å². The van der Waals surface area contributed by atoms with Crippen molar-refractivity contribution in [2.75, 3.05) is 31.4 Å². The highest BCUT2D eigenvalue weighted by molar-refractivity contribution is 8.03. The van der Waals surface area contributed by atoms with E-state index in [4.69, 9.17) is 44.3 Å². The van der Waals surface area contributed by atoms with Crippen molar-refractivity contribution in [1.29, 1.82) is 5.26 Å². The lowest BCUT2D eigenvalue weighted by Gasteiger charge is -2.29. The minimum absolute atomic E-state index is 0.00198. The van der Waals surface area contributed by atoms with Gasteiger partial charge in [0.2, 0.25) is 5.91 Å². The topological polar surface area (TPSA) is 100 Å². The van der Waals surface area contributed by atoms with Crippen LogP contribution in [-0.4, -0.2) is 38.0 Å². The summed E-state index contributed by atoms with van der Waals surface area (Å²) in [5.41, 5.74) is 2.29. The number of benzene rings is 2. The first-order valence-electron chi connectivity index (χ1n) is 10.7. The number of esters is 1. The van der Waals surface area contributed by atoms with E-state index in [1.807, 2.05) is 0 Å². The minimum Gasteiger partial charge on any atom is -0.460 e. The van der Waals surface area contributed by atoms with Crippen molar-refractivity contribution in [1.82, 2.24) is 5.32 Å². The molecule has 0 aliphatic carbocycles. The lowest BCUT2D eigenvalue weighted by molar-refractivity contribution is -0.140. The van der Waals surface area contributed by atoms with E-state index < -0.39 is 11.9 Å². The zero-order chi connectivity index (χ0) is 26.2. The molecule has 0 bridgehead atoms. The molecule has 3 rings (SSSR count). The minimum atomic E-state index is -0.704. The van der Waals surface area contributed by atoms with Crippen LogP contribution in [0.25, 0.3) is 0 Å². The van der Waals surface area contributed by atoms with Crippen molar-refractivity contribution in [2.45, 2.75) is 12.8 Å². The van der Waals surface area contributed by atoms with Gasteiger partial charge in [0.05, 0.1) is 50.6 Å². The van der Waals surface area contributed by atoms with Crippen LogP contribution in [0.15, 0.2) is 64.3 Å². The van der Waals surface area contributed by atoms with Gasteiger partial charge in [0.15, 0.2) is 0 Å². The number of anilines is 1. The van der Waals surface area contributed by atoms with Crippen LogP contribution in [0.2, 0.25) is 15.1 Å². The van der Waals surface area contributed by atoms with Gasteiger partial charge in [0, 0.05) is 23.5 Å². The fraction of sp³-hybridized carbons (Fsp3) is 0.240. The Bertz CT molecular complexity index is 1260. The molecule has 1 heterocycles. The van der Waals surface area contributed by atoms with Gasteiger partial charge in [-0.3, -0.25) is 4.79 Å². The predicted molar refractivity (Wildman–Crippen MR) is 143 cm³/mol. The molecule has 36 heavy (non-hydrogen) atoms. The van der Waals surface area contributed by atoms with Gasteiger partial charge in [-0.05, 0) is 42.8 Å². The lowest BCUT2D eigenvalue weighted by Crippen LogP contribution is -2.29. The number of nitrogens with zero attached hydrogens (tertiary/aromatic N) is 1. The van der Waals surface area contributed by atoms with Crippen LogP contribution < -0.4 is 10.6 Å². The summed E-state index contributed by atoms with van der Waals surface area (Å²) < 4.78 is 10.3. The van der Waals surface area contributed by atoms with Gasteiger partial charge < -0.3 is 20.1 Å². The molecule has 0 unspecified atom stereocenters. The van der Waals surface area contributed by atoms with Gasteiger partial charge in [-0.25, -0.2) is 4.79 Å². The number of nitrogens with one attached hydrogen (secondary N) is 2. The Hall–Kier alpha value is -2.67. The number of carbonyl (C=O) groups is 2. The highest BCUT2D eigenvalue weighted by Gasteiger charge is 2.35. The van der Waals surface area contributed by atoms with E-state index in [1.165, 1.54) is 7.11 Å². The summed E-state index contributed by atoms with van der Waals surface area (Å²) in [7, 11) is 1.51. The van der Waals surface area contributed by atoms with E-state index in [1.54, 1.807) is 49.4 Å². The molecule has 11 heteroatoms. The molecule has 0 fully saturated rings. The monoisotopic (exact) mass is 565 g/mol. The van der Waals surface area contributed by atoms with Crippen LogP contribution in [0.5, 0.6) is 0 Å². The molecular weight excluding hydrogens is 545 g/mol. The number of thioether (sulfide) groups is 1. The second-order valence-corrected chi connectivity index (χ2v) is 9.83. The molecule has 2 aromatic rings. The van der Waals surface area contributed by atoms with E-state index in [-0.39, 0.29) is 30.4 Å². The van der Waals surface area contributed by atoms with Crippen LogP contribution >= 0.6 is 46.6 Å². The summed E-state index contributed by atoms with van der Waals surface area (Å²) in [4.78, 5) is 25.6. The summed E-state index contributed by atoms with van der Waals surface area (Å²) in [6, 6.07) is 13.9. The molecule has 7 nitrogen and oxygen atoms in total. The van der Waals surface area contributed by atoms with Gasteiger partial charge in [0.25, 0.3) is 0 Å². The first-order chi connectivity index (χ1) is 17.2. The Morgan fingerprint density at radius 1 is 1.11 bits per heavy atom. The maximum Gasteiger partial charge on any atom is 0.336 e. The average molecular weight is 567 g/mol. The van der Waals surface area contributed by atoms with Crippen LogP contribution in [0, 0.1) is 11.3 Å². The van der Waals surface area contributed by atoms with Crippen molar-refractivity contribution < 1.29 is 19.1 Å². The molecule has 2 aromatic carbocycles. The molecule has 2 N–H and O–H groups in total. The first kappa shape index (κ1) is 27.9. The summed E-state index contributed by atoms with van der Waals surface area (Å²) in [6.45, 7) is 2.04. The van der Waals surface area contributed by atoms with E-state index >= 15 is 0 Å². The van der Waals surface area contributed by atoms with Crippen molar-refractivity contribution in [3.63, 3.8) is 0 Å². The highest BCUT2D eigenvalue weighted by atomic mass is 35.5. The summed E-state index contributed by atoms with van der Waals surface area (Å²) in [5, 5.41) is 17.6. The predicted octanol–water partition coefficient (Wildman–Crippen LogP) is 5.90. The largest absolute Gasteiger partial charge is 0.460 e. The maximum absolute atomic E-state index is 13.0. The maximum atomic E-state index is 13.0. The summed E-state index contributed by atoms with van der Waals surface area (Å²) >= 11 is 19.1. The van der Waals surface area contributed by atoms with Gasteiger partial charge in [-0.1, -0.05) is 58.7 Å². The normalized spacial score (nSPS) is 15.3. The Labute approximate surface area is 228 Å². The SMILES string of the molecule is COCCOC(=O)C1=C(C)NC(SCC(=O)Nc2ccc(Cl)c(Cl)c2)=C(C#N)[C@H]1c1ccc(Cl)cc1. The van der Waals surface area contributed by atoms with Crippen molar-refractivity contribution in [3.8, 4) is 6.07 Å². The van der Waals surface area contributed by atoms with E-state index in [2.05, 4.69) is 16.7 Å². The van der Waals surface area contributed by atoms with Crippen LogP contribution in [0.1, 0.15) is 18.4 Å². The number of ether oxygens (including phenoxy) is 2. The van der Waals surface area contributed by atoms with Crippen LogP contribution in [-0.2, 0) is 19.1 Å². The Kier molecular flexibility index (Phi) is 10.1. The average Bonchev–Trinajstić information content (AvgIpc) is 2.85. The molecule has 0 saturated carbocycles. The van der Waals surface area contributed by atoms with Gasteiger partial charge in [-0.15, -0.1) is 0 Å². The Balaban J connectivity index is 1.86. The highest BCUT2D eigenvalue weighted by Crippen LogP contribution is 2.41. The third kappa shape index (κ3) is 6.96. The van der Waals surface area contributed by atoms with E-state index in [0.29, 0.717) is 42.6 Å². The quantitative estimate of drug-likeness (QED) is 0.288. The number of hydrogen-bond acceptors (Lipinski definition) is 7. The first-order valence-corrected chi connectivity index (χ1v) is 12.8. The number of allylic oxidation sites excluding steroid dienone is 2. The molecule has 1 atom stereocenters. The van der Waals surface area contributed by atoms with Crippen molar-refractivity contribution in [3.05, 3.63) is 85.0 Å². The number of nitriles is 1. The second kappa shape index (κ2) is 13.0. The van der Waals surface area contributed by atoms with Gasteiger partial charge >= 0.3 is 5.97 Å². The fourth-order valence-corrected chi connectivity index (χ4v) is 4.81. The fourth-order valence-electron chi connectivity index (χ4n) is 3.49.